The molecule has 1 rings (SSSR count). The topological polar surface area (TPSA) is 17.1 Å². The van der Waals surface area contributed by atoms with Gasteiger partial charge in [0.1, 0.15) is 0 Å². The van der Waals surface area contributed by atoms with Gasteiger partial charge in [-0.05, 0) is 17.1 Å². The van der Waals surface area contributed by atoms with E-state index >= 15 is 0 Å². The largest absolute Gasteiger partial charge is 0.281 e. The molecule has 1 atom stereocenters. The Balaban J connectivity index is 2.87. The lowest BCUT2D eigenvalue weighted by Gasteiger charge is -2.29. The highest BCUT2D eigenvalue weighted by Crippen LogP contribution is 2.25. The minimum Gasteiger partial charge on any atom is -0.281 e. The van der Waals surface area contributed by atoms with E-state index in [-0.39, 0.29) is 5.24 Å². The Hall–Kier alpha value is -0.603. The summed E-state index contributed by atoms with van der Waals surface area (Å²) in [7, 11) is -1.55. The van der Waals surface area contributed by atoms with Crippen molar-refractivity contribution in [1.82, 2.24) is 0 Å². The van der Waals surface area contributed by atoms with Crippen molar-refractivity contribution >= 4 is 30.1 Å². The van der Waals surface area contributed by atoms with E-state index in [9.17, 15) is 4.79 Å². The molecule has 0 aliphatic rings. The van der Waals surface area contributed by atoms with Crippen LogP contribution in [0.1, 0.15) is 13.3 Å². The molecule has 0 aliphatic carbocycles. The van der Waals surface area contributed by atoms with Crippen LogP contribution in [0.4, 0.5) is 0 Å². The molecule has 0 aromatic heterocycles. The predicted octanol–water partition coefficient (Wildman–Crippen LogP) is 3.15. The molecule has 15 heavy (non-hydrogen) atoms. The van der Waals surface area contributed by atoms with Crippen LogP contribution in [0.25, 0.3) is 0 Å². The molecular formula is C12H17ClOSi. The second-order valence-electron chi connectivity index (χ2n) is 4.55. The van der Waals surface area contributed by atoms with Crippen molar-refractivity contribution in [3.63, 3.8) is 0 Å². The van der Waals surface area contributed by atoms with Crippen molar-refractivity contribution in [3.05, 3.63) is 30.3 Å². The molecular weight excluding hydrogens is 224 g/mol. The second kappa shape index (κ2) is 4.95. The Bertz CT molecular complexity index is 335. The van der Waals surface area contributed by atoms with E-state index in [2.05, 4.69) is 44.3 Å². The highest BCUT2D eigenvalue weighted by atomic mass is 35.5. The molecule has 0 fully saturated rings. The Morgan fingerprint density at radius 1 is 1.33 bits per heavy atom. The van der Waals surface area contributed by atoms with Gasteiger partial charge in [-0.3, -0.25) is 4.79 Å². The minimum absolute atomic E-state index is 0.223. The standard InChI is InChI=1S/C12H17ClOSi/c1-10(9-12(13)14)15(2,3)11-7-5-4-6-8-11/h4-8,10H,9H2,1-3H3/t10-/m1/s1. The normalized spacial score (nSPS) is 13.6. The van der Waals surface area contributed by atoms with Gasteiger partial charge in [-0.2, -0.15) is 0 Å². The molecule has 3 heteroatoms. The molecule has 1 aromatic carbocycles. The molecule has 0 unspecified atom stereocenters. The van der Waals surface area contributed by atoms with Crippen molar-refractivity contribution in [2.45, 2.75) is 32.0 Å². The van der Waals surface area contributed by atoms with Crippen molar-refractivity contribution < 1.29 is 4.79 Å². The third-order valence-electron chi connectivity index (χ3n) is 3.22. The zero-order valence-electron chi connectivity index (χ0n) is 9.46. The first kappa shape index (κ1) is 12.5. The maximum absolute atomic E-state index is 10.9. The zero-order chi connectivity index (χ0) is 11.5. The van der Waals surface area contributed by atoms with E-state index in [1.165, 1.54) is 5.19 Å². The minimum atomic E-state index is -1.55. The van der Waals surface area contributed by atoms with Crippen LogP contribution in [-0.2, 0) is 4.79 Å². The van der Waals surface area contributed by atoms with E-state index in [1.807, 2.05) is 6.07 Å². The quantitative estimate of drug-likeness (QED) is 0.584. The monoisotopic (exact) mass is 240 g/mol. The first-order valence-electron chi connectivity index (χ1n) is 5.18. The van der Waals surface area contributed by atoms with Crippen LogP contribution in [0.15, 0.2) is 30.3 Å². The number of rotatable bonds is 4. The molecule has 1 nitrogen and oxygen atoms in total. The summed E-state index contributed by atoms with van der Waals surface area (Å²) < 4.78 is 0. The van der Waals surface area contributed by atoms with Crippen molar-refractivity contribution in [2.75, 3.05) is 0 Å². The zero-order valence-corrected chi connectivity index (χ0v) is 11.2. The lowest BCUT2D eigenvalue weighted by molar-refractivity contribution is -0.111. The van der Waals surface area contributed by atoms with E-state index in [1.54, 1.807) is 0 Å². The van der Waals surface area contributed by atoms with Crippen molar-refractivity contribution in [1.29, 1.82) is 0 Å². The molecule has 0 saturated heterocycles. The van der Waals surface area contributed by atoms with Gasteiger partial charge >= 0.3 is 0 Å². The lowest BCUT2D eigenvalue weighted by Crippen LogP contribution is -2.45. The molecule has 0 N–H and O–H groups in total. The lowest BCUT2D eigenvalue weighted by atomic mass is 10.3. The third-order valence-corrected chi connectivity index (χ3v) is 7.86. The van der Waals surface area contributed by atoms with Crippen LogP contribution in [0.5, 0.6) is 0 Å². The Morgan fingerprint density at radius 2 is 1.87 bits per heavy atom. The summed E-state index contributed by atoms with van der Waals surface area (Å²) in [6.07, 6.45) is 0.482. The molecule has 0 saturated carbocycles. The van der Waals surface area contributed by atoms with E-state index < -0.39 is 8.07 Å². The molecule has 0 amide bonds. The fourth-order valence-electron chi connectivity index (χ4n) is 1.65. The summed E-state index contributed by atoms with van der Waals surface area (Å²) in [5.74, 6) is 0. The number of hydrogen-bond acceptors (Lipinski definition) is 1. The first-order chi connectivity index (χ1) is 6.94. The van der Waals surface area contributed by atoms with Gasteiger partial charge in [-0.1, -0.05) is 55.5 Å². The van der Waals surface area contributed by atoms with Gasteiger partial charge in [0, 0.05) is 6.42 Å². The molecule has 82 valence electrons. The fraction of sp³-hybridized carbons (Fsp3) is 0.417. The van der Waals surface area contributed by atoms with Gasteiger partial charge in [0.2, 0.25) is 5.24 Å². The number of halogens is 1. The van der Waals surface area contributed by atoms with Crippen LogP contribution in [0.3, 0.4) is 0 Å². The predicted molar refractivity (Wildman–Crippen MR) is 68.5 cm³/mol. The van der Waals surface area contributed by atoms with E-state index in [4.69, 9.17) is 11.6 Å². The number of hydrogen-bond donors (Lipinski definition) is 0. The van der Waals surface area contributed by atoms with Gasteiger partial charge in [0.15, 0.2) is 0 Å². The smallest absolute Gasteiger partial charge is 0.221 e. The highest BCUT2D eigenvalue weighted by Gasteiger charge is 2.31. The average Bonchev–Trinajstić information content (AvgIpc) is 2.18. The summed E-state index contributed by atoms with van der Waals surface area (Å²) in [4.78, 5) is 10.9. The first-order valence-corrected chi connectivity index (χ1v) is 8.64. The second-order valence-corrected chi connectivity index (χ2v) is 9.98. The summed E-state index contributed by atoms with van der Waals surface area (Å²) in [5.41, 5.74) is 0.380. The van der Waals surface area contributed by atoms with E-state index in [0.717, 1.165) is 0 Å². The Kier molecular flexibility index (Phi) is 4.11. The maximum Gasteiger partial charge on any atom is 0.221 e. The molecule has 0 aliphatic heterocycles. The van der Waals surface area contributed by atoms with Gasteiger partial charge in [-0.15, -0.1) is 0 Å². The van der Waals surface area contributed by atoms with Crippen LogP contribution >= 0.6 is 11.6 Å². The van der Waals surface area contributed by atoms with Crippen molar-refractivity contribution in [3.8, 4) is 0 Å². The maximum atomic E-state index is 10.9. The molecule has 1 aromatic rings. The fourth-order valence-corrected chi connectivity index (χ4v) is 4.33. The summed E-state index contributed by atoms with van der Waals surface area (Å²) in [5, 5.41) is 1.16. The highest BCUT2D eigenvalue weighted by molar-refractivity contribution is 6.91. The van der Waals surface area contributed by atoms with Crippen LogP contribution in [0, 0.1) is 0 Å². The average molecular weight is 241 g/mol. The Labute approximate surface area is 97.5 Å². The van der Waals surface area contributed by atoms with Gasteiger partial charge in [0.05, 0.1) is 8.07 Å². The van der Waals surface area contributed by atoms with E-state index in [0.29, 0.717) is 12.0 Å². The number of carbonyl (C=O) groups is 1. The van der Waals surface area contributed by atoms with Crippen molar-refractivity contribution in [2.24, 2.45) is 0 Å². The number of benzene rings is 1. The molecule has 0 radical (unpaired) electrons. The summed E-state index contributed by atoms with van der Waals surface area (Å²) >= 11 is 5.45. The summed E-state index contributed by atoms with van der Waals surface area (Å²) in [6.45, 7) is 6.69. The SMILES string of the molecule is C[C@H](CC(=O)Cl)[Si](C)(C)c1ccccc1. The molecule has 0 heterocycles. The van der Waals surface area contributed by atoms with Gasteiger partial charge in [-0.25, -0.2) is 0 Å². The Morgan fingerprint density at radius 3 is 2.33 bits per heavy atom. The van der Waals surface area contributed by atoms with Crippen LogP contribution < -0.4 is 5.19 Å². The van der Waals surface area contributed by atoms with Crippen LogP contribution in [0.2, 0.25) is 18.6 Å². The number of carbonyl (C=O) groups excluding carboxylic acids is 1. The molecule has 0 spiro atoms. The van der Waals surface area contributed by atoms with Crippen LogP contribution in [-0.4, -0.2) is 13.3 Å². The molecule has 0 bridgehead atoms. The van der Waals surface area contributed by atoms with Gasteiger partial charge < -0.3 is 0 Å². The van der Waals surface area contributed by atoms with Gasteiger partial charge in [0.25, 0.3) is 0 Å². The third kappa shape index (κ3) is 3.18. The summed E-state index contributed by atoms with van der Waals surface area (Å²) in [6, 6.07) is 10.4.